The number of nitrogens with one attached hydrogen (secondary N) is 1. The summed E-state index contributed by atoms with van der Waals surface area (Å²) in [5, 5.41) is 8.24. The Bertz CT molecular complexity index is 585. The van der Waals surface area contributed by atoms with E-state index in [4.69, 9.17) is 5.10 Å². The molecule has 1 fully saturated rings. The number of aryl methyl sites for hydroxylation is 2. The van der Waals surface area contributed by atoms with E-state index in [1.54, 1.807) is 0 Å². The van der Waals surface area contributed by atoms with E-state index in [-0.39, 0.29) is 0 Å². The van der Waals surface area contributed by atoms with Crippen molar-refractivity contribution in [3.63, 3.8) is 0 Å². The summed E-state index contributed by atoms with van der Waals surface area (Å²) in [7, 11) is 0. The molecule has 0 atom stereocenters. The zero-order chi connectivity index (χ0) is 15.9. The van der Waals surface area contributed by atoms with Crippen LogP contribution < -0.4 is 5.32 Å². The third-order valence-electron chi connectivity index (χ3n) is 4.46. The van der Waals surface area contributed by atoms with Crippen LogP contribution in [0.5, 0.6) is 0 Å². The van der Waals surface area contributed by atoms with Crippen LogP contribution in [-0.2, 0) is 12.8 Å². The highest BCUT2D eigenvalue weighted by Crippen LogP contribution is 2.15. The quantitative estimate of drug-likeness (QED) is 0.853. The van der Waals surface area contributed by atoms with Crippen molar-refractivity contribution in [2.75, 3.05) is 32.7 Å². The first-order valence-corrected chi connectivity index (χ1v) is 8.93. The van der Waals surface area contributed by atoms with E-state index in [2.05, 4.69) is 58.2 Å². The minimum Gasteiger partial charge on any atom is -0.314 e. The van der Waals surface area contributed by atoms with Crippen molar-refractivity contribution in [2.45, 2.75) is 32.6 Å². The van der Waals surface area contributed by atoms with E-state index in [1.807, 2.05) is 0 Å². The van der Waals surface area contributed by atoms with E-state index in [0.29, 0.717) is 0 Å². The van der Waals surface area contributed by atoms with Crippen molar-refractivity contribution in [3.05, 3.63) is 47.8 Å². The second kappa shape index (κ2) is 8.27. The van der Waals surface area contributed by atoms with Crippen LogP contribution >= 0.6 is 0 Å². The number of benzene rings is 1. The normalized spacial score (nSPS) is 15.9. The average Bonchev–Trinajstić information content (AvgIpc) is 3.00. The lowest BCUT2D eigenvalue weighted by Gasteiger charge is -2.27. The van der Waals surface area contributed by atoms with Crippen molar-refractivity contribution in [1.29, 1.82) is 0 Å². The second-order valence-electron chi connectivity index (χ2n) is 6.32. The van der Waals surface area contributed by atoms with Gasteiger partial charge in [-0.15, -0.1) is 0 Å². The lowest BCUT2D eigenvalue weighted by molar-refractivity contribution is 0.238. The highest BCUT2D eigenvalue weighted by Gasteiger charge is 2.12. The summed E-state index contributed by atoms with van der Waals surface area (Å²) in [6.45, 7) is 8.01. The van der Waals surface area contributed by atoms with Gasteiger partial charge in [-0.05, 0) is 44.0 Å². The molecule has 2 aromatic rings. The summed E-state index contributed by atoms with van der Waals surface area (Å²) in [4.78, 5) is 2.56. The Kier molecular flexibility index (Phi) is 5.83. The van der Waals surface area contributed by atoms with Gasteiger partial charge in [-0.3, -0.25) is 0 Å². The van der Waals surface area contributed by atoms with Gasteiger partial charge >= 0.3 is 0 Å². The van der Waals surface area contributed by atoms with Crippen LogP contribution in [0.4, 0.5) is 0 Å². The Morgan fingerprint density at radius 1 is 1.09 bits per heavy atom. The molecule has 4 nitrogen and oxygen atoms in total. The predicted molar refractivity (Wildman–Crippen MR) is 95.2 cm³/mol. The topological polar surface area (TPSA) is 33.1 Å². The molecule has 0 unspecified atom stereocenters. The smallest absolute Gasteiger partial charge is 0.0648 e. The van der Waals surface area contributed by atoms with Crippen molar-refractivity contribution < 1.29 is 0 Å². The zero-order valence-corrected chi connectivity index (χ0v) is 14.2. The van der Waals surface area contributed by atoms with Crippen LogP contribution in [0.25, 0.3) is 5.69 Å². The molecule has 0 aliphatic carbocycles. The summed E-state index contributed by atoms with van der Waals surface area (Å²) in [5.74, 6) is 0. The number of nitrogens with zero attached hydrogens (tertiary/aromatic N) is 3. The zero-order valence-electron chi connectivity index (χ0n) is 14.2. The van der Waals surface area contributed by atoms with Crippen molar-refractivity contribution in [3.8, 4) is 5.69 Å². The summed E-state index contributed by atoms with van der Waals surface area (Å²) in [5.41, 5.74) is 3.73. The number of piperazine rings is 1. The van der Waals surface area contributed by atoms with Crippen molar-refractivity contribution >= 4 is 0 Å². The maximum Gasteiger partial charge on any atom is 0.0648 e. The van der Waals surface area contributed by atoms with Gasteiger partial charge in [-0.2, -0.15) is 5.10 Å². The number of hydrogen-bond donors (Lipinski definition) is 1. The SMILES string of the molecule is CCCc1cc(CCCN2CCNCC2)n(-c2ccccc2)n1. The summed E-state index contributed by atoms with van der Waals surface area (Å²) in [6.07, 6.45) is 4.50. The largest absolute Gasteiger partial charge is 0.314 e. The van der Waals surface area contributed by atoms with Gasteiger partial charge in [0.1, 0.15) is 0 Å². The van der Waals surface area contributed by atoms with E-state index < -0.39 is 0 Å². The third-order valence-corrected chi connectivity index (χ3v) is 4.46. The number of hydrogen-bond acceptors (Lipinski definition) is 3. The minimum atomic E-state index is 1.06. The molecule has 1 aromatic heterocycles. The number of rotatable bonds is 7. The van der Waals surface area contributed by atoms with E-state index >= 15 is 0 Å². The van der Waals surface area contributed by atoms with Gasteiger partial charge in [0.2, 0.25) is 0 Å². The van der Waals surface area contributed by atoms with Gasteiger partial charge in [0, 0.05) is 31.9 Å². The van der Waals surface area contributed by atoms with Gasteiger partial charge in [-0.25, -0.2) is 4.68 Å². The second-order valence-corrected chi connectivity index (χ2v) is 6.32. The fourth-order valence-corrected chi connectivity index (χ4v) is 3.24. The molecule has 0 saturated carbocycles. The van der Waals surface area contributed by atoms with Gasteiger partial charge in [0.05, 0.1) is 11.4 Å². The lowest BCUT2D eigenvalue weighted by Crippen LogP contribution is -2.43. The maximum atomic E-state index is 4.83. The van der Waals surface area contributed by atoms with E-state index in [0.717, 1.165) is 32.4 Å². The van der Waals surface area contributed by atoms with Crippen molar-refractivity contribution in [2.24, 2.45) is 0 Å². The predicted octanol–water partition coefficient (Wildman–Crippen LogP) is 2.66. The molecule has 23 heavy (non-hydrogen) atoms. The Balaban J connectivity index is 1.67. The molecule has 4 heteroatoms. The van der Waals surface area contributed by atoms with Crippen LogP contribution in [0.15, 0.2) is 36.4 Å². The molecule has 0 radical (unpaired) electrons. The first-order valence-electron chi connectivity index (χ1n) is 8.93. The summed E-state index contributed by atoms with van der Waals surface area (Å²) >= 11 is 0. The van der Waals surface area contributed by atoms with E-state index in [1.165, 1.54) is 43.1 Å². The molecule has 0 bridgehead atoms. The minimum absolute atomic E-state index is 1.06. The third kappa shape index (κ3) is 4.43. The van der Waals surface area contributed by atoms with Gasteiger partial charge in [0.15, 0.2) is 0 Å². The molecule has 1 aliphatic heterocycles. The molecule has 1 aliphatic rings. The molecule has 124 valence electrons. The van der Waals surface area contributed by atoms with Crippen LogP contribution in [0.2, 0.25) is 0 Å². The number of para-hydroxylation sites is 1. The van der Waals surface area contributed by atoms with Crippen LogP contribution in [0, 0.1) is 0 Å². The monoisotopic (exact) mass is 312 g/mol. The molecular weight excluding hydrogens is 284 g/mol. The lowest BCUT2D eigenvalue weighted by atomic mass is 10.1. The molecule has 0 amide bonds. The Morgan fingerprint density at radius 2 is 1.87 bits per heavy atom. The molecule has 0 spiro atoms. The molecular formula is C19H28N4. The average molecular weight is 312 g/mol. The van der Waals surface area contributed by atoms with Gasteiger partial charge < -0.3 is 10.2 Å². The van der Waals surface area contributed by atoms with Crippen molar-refractivity contribution in [1.82, 2.24) is 20.0 Å². The highest BCUT2D eigenvalue weighted by atomic mass is 15.3. The van der Waals surface area contributed by atoms with Crippen LogP contribution in [0.1, 0.15) is 31.2 Å². The molecule has 1 aromatic carbocycles. The fourth-order valence-electron chi connectivity index (χ4n) is 3.24. The van der Waals surface area contributed by atoms with Crippen LogP contribution in [0.3, 0.4) is 0 Å². The Morgan fingerprint density at radius 3 is 2.61 bits per heavy atom. The first kappa shape index (κ1) is 16.2. The first-order chi connectivity index (χ1) is 11.4. The van der Waals surface area contributed by atoms with Gasteiger partial charge in [-0.1, -0.05) is 31.5 Å². The maximum absolute atomic E-state index is 4.83. The Labute approximate surface area is 139 Å². The Hall–Kier alpha value is -1.65. The molecule has 2 heterocycles. The summed E-state index contributed by atoms with van der Waals surface area (Å²) < 4.78 is 2.14. The number of aromatic nitrogens is 2. The van der Waals surface area contributed by atoms with E-state index in [9.17, 15) is 0 Å². The fraction of sp³-hybridized carbons (Fsp3) is 0.526. The highest BCUT2D eigenvalue weighted by molar-refractivity contribution is 5.33. The van der Waals surface area contributed by atoms with Crippen LogP contribution in [-0.4, -0.2) is 47.4 Å². The standard InChI is InChI=1S/C19H28N4/c1-2-7-17-16-19(10-6-13-22-14-11-20-12-15-22)23(21-17)18-8-4-3-5-9-18/h3-5,8-9,16,20H,2,6-7,10-15H2,1H3. The van der Waals surface area contributed by atoms with Gasteiger partial charge in [0.25, 0.3) is 0 Å². The molecule has 1 saturated heterocycles. The molecule has 1 N–H and O–H groups in total. The summed E-state index contributed by atoms with van der Waals surface area (Å²) in [6, 6.07) is 12.8. The molecule has 3 rings (SSSR count).